The molecule has 0 aliphatic carbocycles. The number of carbonyl (C=O) groups excluding carboxylic acids is 1. The predicted octanol–water partition coefficient (Wildman–Crippen LogP) is 3.00. The van der Waals surface area contributed by atoms with E-state index in [0.29, 0.717) is 24.7 Å². The van der Waals surface area contributed by atoms with Crippen LogP contribution in [0.25, 0.3) is 0 Å². The molecule has 0 spiro atoms. The normalized spacial score (nSPS) is 14.1. The van der Waals surface area contributed by atoms with E-state index in [9.17, 15) is 9.59 Å². The van der Waals surface area contributed by atoms with Crippen molar-refractivity contribution >= 4 is 27.8 Å². The van der Waals surface area contributed by atoms with Crippen LogP contribution < -0.4 is 14.8 Å². The molecule has 1 aromatic carbocycles. The van der Waals surface area contributed by atoms with Crippen molar-refractivity contribution in [1.29, 1.82) is 0 Å². The van der Waals surface area contributed by atoms with E-state index < -0.39 is 11.9 Å². The van der Waals surface area contributed by atoms with Gasteiger partial charge in [0.2, 0.25) is 0 Å². The van der Waals surface area contributed by atoms with Crippen LogP contribution in [0.5, 0.6) is 11.5 Å². The van der Waals surface area contributed by atoms with Gasteiger partial charge in [-0.15, -0.1) is 0 Å². The smallest absolute Gasteiger partial charge is 0.338 e. The van der Waals surface area contributed by atoms with Gasteiger partial charge in [0.05, 0.1) is 11.6 Å². The van der Waals surface area contributed by atoms with Crippen LogP contribution in [0.3, 0.4) is 0 Å². The topological polar surface area (TPSA) is 98.0 Å². The third-order valence-electron chi connectivity index (χ3n) is 3.55. The molecule has 0 bridgehead atoms. The Hall–Kier alpha value is -2.48. The molecule has 1 aromatic heterocycles. The summed E-state index contributed by atoms with van der Waals surface area (Å²) in [6.07, 6.45) is 1.03. The lowest BCUT2D eigenvalue weighted by atomic mass is 10.1. The molecule has 8 heteroatoms. The van der Waals surface area contributed by atoms with Crippen molar-refractivity contribution in [3.8, 4) is 11.5 Å². The van der Waals surface area contributed by atoms with Gasteiger partial charge in [-0.1, -0.05) is 15.9 Å². The summed E-state index contributed by atoms with van der Waals surface area (Å²) in [7, 11) is 0. The maximum absolute atomic E-state index is 12.2. The Kier molecular flexibility index (Phi) is 4.48. The van der Waals surface area contributed by atoms with E-state index in [2.05, 4.69) is 21.2 Å². The molecule has 0 radical (unpaired) electrons. The molecule has 1 unspecified atom stereocenters. The van der Waals surface area contributed by atoms with Crippen LogP contribution in [-0.2, 0) is 0 Å². The molecule has 2 aromatic rings. The first-order valence-electron chi connectivity index (χ1n) is 7.17. The third kappa shape index (κ3) is 3.23. The number of aromatic carboxylic acids is 1. The molecule has 1 atom stereocenters. The fraction of sp³-hybridized carbons (Fsp3) is 0.250. The summed E-state index contributed by atoms with van der Waals surface area (Å²) in [6, 6.07) is 4.42. The van der Waals surface area contributed by atoms with E-state index in [1.807, 2.05) is 0 Å². The number of carbonyl (C=O) groups is 2. The highest BCUT2D eigenvalue weighted by Gasteiger charge is 2.21. The summed E-state index contributed by atoms with van der Waals surface area (Å²) < 4.78 is 16.8. The van der Waals surface area contributed by atoms with E-state index in [-0.39, 0.29) is 17.4 Å². The number of carboxylic acids is 1. The maximum Gasteiger partial charge on any atom is 0.338 e. The number of ether oxygens (including phenoxy) is 2. The van der Waals surface area contributed by atoms with Crippen molar-refractivity contribution in [2.24, 2.45) is 0 Å². The largest absolute Gasteiger partial charge is 0.486 e. The van der Waals surface area contributed by atoms with E-state index in [1.165, 1.54) is 6.07 Å². The molecular weight excluding hydrogens is 382 g/mol. The number of fused-ring (bicyclic) bond motifs is 1. The first kappa shape index (κ1) is 16.4. The fourth-order valence-corrected chi connectivity index (χ4v) is 2.99. The van der Waals surface area contributed by atoms with Crippen molar-refractivity contribution in [3.63, 3.8) is 0 Å². The second-order valence-corrected chi connectivity index (χ2v) is 6.07. The number of amides is 1. The highest BCUT2D eigenvalue weighted by atomic mass is 79.9. The molecule has 126 valence electrons. The van der Waals surface area contributed by atoms with E-state index in [1.54, 1.807) is 19.1 Å². The standard InChI is InChI=1S/C16H14BrNO6/c1-8(18-15(19)14-4-9(7-24-14)16(20)21)10-5-12-13(6-11(10)17)23-3-2-22-12/h4-8H,2-3H2,1H3,(H,18,19)(H,20,21). The highest BCUT2D eigenvalue weighted by molar-refractivity contribution is 9.10. The minimum absolute atomic E-state index is 0.0621. The van der Waals surface area contributed by atoms with Crippen LogP contribution in [-0.4, -0.2) is 30.2 Å². The molecule has 1 amide bonds. The summed E-state index contributed by atoms with van der Waals surface area (Å²) >= 11 is 3.46. The van der Waals surface area contributed by atoms with Gasteiger partial charge in [0.1, 0.15) is 19.5 Å². The van der Waals surface area contributed by atoms with Gasteiger partial charge in [-0.25, -0.2) is 4.79 Å². The Bertz CT molecular complexity index is 800. The average Bonchev–Trinajstić information content (AvgIpc) is 3.04. The molecule has 7 nitrogen and oxygen atoms in total. The fourth-order valence-electron chi connectivity index (χ4n) is 2.32. The second kappa shape index (κ2) is 6.56. The Balaban J connectivity index is 1.77. The Morgan fingerprint density at radius 1 is 1.21 bits per heavy atom. The van der Waals surface area contributed by atoms with Crippen molar-refractivity contribution < 1.29 is 28.6 Å². The van der Waals surface area contributed by atoms with Gasteiger partial charge < -0.3 is 24.3 Å². The zero-order valence-corrected chi connectivity index (χ0v) is 14.3. The molecule has 2 N–H and O–H groups in total. The SMILES string of the molecule is CC(NC(=O)c1cc(C(=O)O)co1)c1cc2c(cc1Br)OCCO2. The number of nitrogens with one attached hydrogen (secondary N) is 1. The van der Waals surface area contributed by atoms with E-state index in [0.717, 1.165) is 16.3 Å². The Morgan fingerprint density at radius 3 is 2.50 bits per heavy atom. The Labute approximate surface area is 145 Å². The van der Waals surface area contributed by atoms with Gasteiger partial charge in [0, 0.05) is 10.5 Å². The van der Waals surface area contributed by atoms with Crippen molar-refractivity contribution in [3.05, 3.63) is 45.8 Å². The van der Waals surface area contributed by atoms with Gasteiger partial charge in [0.25, 0.3) is 5.91 Å². The van der Waals surface area contributed by atoms with Crippen LogP contribution in [0.15, 0.2) is 33.4 Å². The first-order valence-corrected chi connectivity index (χ1v) is 7.96. The number of benzene rings is 1. The summed E-state index contributed by atoms with van der Waals surface area (Å²) in [4.78, 5) is 23.0. The summed E-state index contributed by atoms with van der Waals surface area (Å²) in [5.41, 5.74) is 0.728. The average molecular weight is 396 g/mol. The van der Waals surface area contributed by atoms with Crippen molar-refractivity contribution in [1.82, 2.24) is 5.32 Å². The minimum Gasteiger partial charge on any atom is -0.486 e. The van der Waals surface area contributed by atoms with Crippen molar-refractivity contribution in [2.75, 3.05) is 13.2 Å². The molecule has 3 rings (SSSR count). The molecule has 0 saturated carbocycles. The van der Waals surface area contributed by atoms with Crippen LogP contribution in [0.2, 0.25) is 0 Å². The van der Waals surface area contributed by atoms with Crippen LogP contribution in [0.1, 0.15) is 39.4 Å². The van der Waals surface area contributed by atoms with Crippen molar-refractivity contribution in [2.45, 2.75) is 13.0 Å². The highest BCUT2D eigenvalue weighted by Crippen LogP contribution is 2.37. The second-order valence-electron chi connectivity index (χ2n) is 5.22. The molecule has 1 aliphatic rings. The molecule has 0 fully saturated rings. The summed E-state index contributed by atoms with van der Waals surface area (Å²) in [6.45, 7) is 2.77. The number of hydrogen-bond acceptors (Lipinski definition) is 5. The molecule has 1 aliphatic heterocycles. The van der Waals surface area contributed by atoms with E-state index >= 15 is 0 Å². The third-order valence-corrected chi connectivity index (χ3v) is 4.23. The predicted molar refractivity (Wildman–Crippen MR) is 86.7 cm³/mol. The van der Waals surface area contributed by atoms with Crippen LogP contribution in [0.4, 0.5) is 0 Å². The lowest BCUT2D eigenvalue weighted by molar-refractivity contribution is 0.0695. The molecular formula is C16H14BrNO6. The van der Waals surface area contributed by atoms with E-state index in [4.69, 9.17) is 19.0 Å². The summed E-state index contributed by atoms with van der Waals surface area (Å²) in [5.74, 6) is -0.454. The van der Waals surface area contributed by atoms with Gasteiger partial charge in [0.15, 0.2) is 17.3 Å². The molecule has 0 saturated heterocycles. The lowest BCUT2D eigenvalue weighted by Crippen LogP contribution is -2.26. The first-order chi connectivity index (χ1) is 11.5. The number of halogens is 1. The lowest BCUT2D eigenvalue weighted by Gasteiger charge is -2.22. The number of rotatable bonds is 4. The minimum atomic E-state index is -1.15. The van der Waals surface area contributed by atoms with Gasteiger partial charge in [-0.05, 0) is 24.6 Å². The quantitative estimate of drug-likeness (QED) is 0.825. The number of carboxylic acid groups (broad SMARTS) is 1. The van der Waals surface area contributed by atoms with Crippen LogP contribution >= 0.6 is 15.9 Å². The Morgan fingerprint density at radius 2 is 1.88 bits per heavy atom. The molecule has 24 heavy (non-hydrogen) atoms. The maximum atomic E-state index is 12.2. The molecule has 2 heterocycles. The van der Waals surface area contributed by atoms with Crippen LogP contribution in [0, 0.1) is 0 Å². The van der Waals surface area contributed by atoms with Gasteiger partial charge in [-0.3, -0.25) is 4.79 Å². The van der Waals surface area contributed by atoms with Gasteiger partial charge >= 0.3 is 5.97 Å². The monoisotopic (exact) mass is 395 g/mol. The van der Waals surface area contributed by atoms with Gasteiger partial charge in [-0.2, -0.15) is 0 Å². The zero-order valence-electron chi connectivity index (χ0n) is 12.7. The number of hydrogen-bond donors (Lipinski definition) is 2. The number of furan rings is 1. The zero-order chi connectivity index (χ0) is 17.3. The summed E-state index contributed by atoms with van der Waals surface area (Å²) in [5, 5.41) is 11.6.